The Balaban J connectivity index is 2.20. The van der Waals surface area contributed by atoms with Gasteiger partial charge in [-0.15, -0.1) is 11.3 Å². The molecule has 146 valence electrons. The number of nitrogens with one attached hydrogen (secondary N) is 1. The molecule has 0 spiro atoms. The number of hydrogen-bond donors (Lipinski definition) is 1. The molecule has 1 amide bonds. The second-order valence-corrected chi connectivity index (χ2v) is 7.74. The van der Waals surface area contributed by atoms with E-state index in [9.17, 15) is 9.59 Å². The van der Waals surface area contributed by atoms with Crippen LogP contribution in [0.25, 0.3) is 0 Å². The van der Waals surface area contributed by atoms with Crippen molar-refractivity contribution >= 4 is 39.8 Å². The van der Waals surface area contributed by atoms with Crippen LogP contribution in [0.4, 0.5) is 5.00 Å². The molecule has 0 radical (unpaired) electrons. The van der Waals surface area contributed by atoms with Gasteiger partial charge in [-0.3, -0.25) is 4.79 Å². The van der Waals surface area contributed by atoms with Crippen LogP contribution >= 0.6 is 22.9 Å². The Morgan fingerprint density at radius 3 is 2.56 bits per heavy atom. The molecule has 5 nitrogen and oxygen atoms in total. The van der Waals surface area contributed by atoms with Crippen LogP contribution in [0.5, 0.6) is 5.75 Å². The number of rotatable bonds is 7. The number of thiophene rings is 1. The number of ether oxygens (including phenoxy) is 2. The first-order valence-corrected chi connectivity index (χ1v) is 10.0. The maximum Gasteiger partial charge on any atom is 0.341 e. The van der Waals surface area contributed by atoms with Crippen molar-refractivity contribution in [3.05, 3.63) is 44.8 Å². The number of carbonyl (C=O) groups is 2. The van der Waals surface area contributed by atoms with Crippen LogP contribution < -0.4 is 10.1 Å². The normalized spacial score (nSPS) is 11.8. The number of hydrogen-bond acceptors (Lipinski definition) is 5. The molecule has 7 heteroatoms. The van der Waals surface area contributed by atoms with Crippen molar-refractivity contribution in [3.8, 4) is 5.75 Å². The van der Waals surface area contributed by atoms with Crippen molar-refractivity contribution in [3.63, 3.8) is 0 Å². The minimum Gasteiger partial charge on any atom is -0.481 e. The quantitative estimate of drug-likeness (QED) is 0.641. The zero-order chi connectivity index (χ0) is 20.1. The average molecular weight is 410 g/mol. The van der Waals surface area contributed by atoms with Crippen molar-refractivity contribution < 1.29 is 19.1 Å². The monoisotopic (exact) mass is 409 g/mol. The first-order chi connectivity index (χ1) is 12.8. The lowest BCUT2D eigenvalue weighted by Gasteiger charge is -2.16. The second kappa shape index (κ2) is 9.24. The van der Waals surface area contributed by atoms with Gasteiger partial charge in [0, 0.05) is 9.90 Å². The molecule has 1 atom stereocenters. The van der Waals surface area contributed by atoms with Crippen LogP contribution in [0.2, 0.25) is 5.02 Å². The Morgan fingerprint density at radius 2 is 1.96 bits per heavy atom. The Morgan fingerprint density at radius 1 is 1.26 bits per heavy atom. The lowest BCUT2D eigenvalue weighted by Crippen LogP contribution is -2.30. The van der Waals surface area contributed by atoms with Gasteiger partial charge in [-0.05, 0) is 63.4 Å². The second-order valence-electron chi connectivity index (χ2n) is 6.07. The first kappa shape index (κ1) is 21.3. The van der Waals surface area contributed by atoms with Gasteiger partial charge in [-0.1, -0.05) is 18.5 Å². The maximum absolute atomic E-state index is 12.6. The van der Waals surface area contributed by atoms with E-state index in [0.29, 0.717) is 27.8 Å². The molecule has 0 aliphatic carbocycles. The Kier molecular flexibility index (Phi) is 7.27. The van der Waals surface area contributed by atoms with Gasteiger partial charge >= 0.3 is 5.97 Å². The fourth-order valence-electron chi connectivity index (χ4n) is 2.71. The van der Waals surface area contributed by atoms with E-state index in [1.165, 1.54) is 11.3 Å². The molecule has 0 saturated heterocycles. The largest absolute Gasteiger partial charge is 0.481 e. The van der Waals surface area contributed by atoms with Crippen molar-refractivity contribution in [2.24, 2.45) is 0 Å². The lowest BCUT2D eigenvalue weighted by molar-refractivity contribution is -0.122. The van der Waals surface area contributed by atoms with Gasteiger partial charge in [0.25, 0.3) is 5.91 Å². The van der Waals surface area contributed by atoms with E-state index in [2.05, 4.69) is 5.32 Å². The van der Waals surface area contributed by atoms with Crippen LogP contribution in [0.15, 0.2) is 18.2 Å². The van der Waals surface area contributed by atoms with E-state index in [4.69, 9.17) is 21.1 Å². The van der Waals surface area contributed by atoms with Crippen LogP contribution in [0.3, 0.4) is 0 Å². The summed E-state index contributed by atoms with van der Waals surface area (Å²) in [6.45, 7) is 9.46. The summed E-state index contributed by atoms with van der Waals surface area (Å²) in [4.78, 5) is 26.0. The fourth-order valence-corrected chi connectivity index (χ4v) is 4.08. The van der Waals surface area contributed by atoms with Crippen LogP contribution in [0.1, 0.15) is 47.1 Å². The summed E-state index contributed by atoms with van der Waals surface area (Å²) in [6.07, 6.45) is -0.0602. The summed E-state index contributed by atoms with van der Waals surface area (Å²) in [6, 6.07) is 5.22. The number of anilines is 1. The molecule has 1 heterocycles. The van der Waals surface area contributed by atoms with Gasteiger partial charge in [-0.2, -0.15) is 0 Å². The summed E-state index contributed by atoms with van der Waals surface area (Å²) >= 11 is 7.32. The molecule has 0 fully saturated rings. The molecular weight excluding hydrogens is 386 g/mol. The zero-order valence-electron chi connectivity index (χ0n) is 16.1. The number of benzene rings is 1. The van der Waals surface area contributed by atoms with E-state index < -0.39 is 12.1 Å². The van der Waals surface area contributed by atoms with Crippen molar-refractivity contribution in [1.29, 1.82) is 0 Å². The topological polar surface area (TPSA) is 64.6 Å². The van der Waals surface area contributed by atoms with Gasteiger partial charge < -0.3 is 14.8 Å². The molecule has 1 N–H and O–H groups in total. The summed E-state index contributed by atoms with van der Waals surface area (Å²) in [5.41, 5.74) is 2.18. The average Bonchev–Trinajstić information content (AvgIpc) is 2.92. The van der Waals surface area contributed by atoms with Crippen LogP contribution in [-0.4, -0.2) is 24.6 Å². The number of halogens is 1. The van der Waals surface area contributed by atoms with Gasteiger partial charge in [0.05, 0.1) is 12.2 Å². The van der Waals surface area contributed by atoms with E-state index >= 15 is 0 Å². The predicted octanol–water partition coefficient (Wildman–Crippen LogP) is 5.16. The smallest absolute Gasteiger partial charge is 0.341 e. The van der Waals surface area contributed by atoms with Gasteiger partial charge in [-0.25, -0.2) is 4.79 Å². The summed E-state index contributed by atoms with van der Waals surface area (Å²) in [5, 5.41) is 3.93. The standard InChI is InChI=1S/C20H24ClNO4S/c1-6-15-13(5)27-19(17(15)20(24)25-7-2)22-18(23)12(4)26-16-9-8-14(21)10-11(16)3/h8-10,12H,6-7H2,1-5H3,(H,22,23)/t12-/m1/s1. The Bertz CT molecular complexity index is 847. The minimum absolute atomic E-state index is 0.277. The van der Waals surface area contributed by atoms with Crippen LogP contribution in [0, 0.1) is 13.8 Å². The molecule has 2 aromatic rings. The molecule has 0 bridgehead atoms. The summed E-state index contributed by atoms with van der Waals surface area (Å²) < 4.78 is 10.9. The molecule has 1 aromatic carbocycles. The van der Waals surface area contributed by atoms with E-state index in [0.717, 1.165) is 16.0 Å². The van der Waals surface area contributed by atoms with E-state index in [1.807, 2.05) is 20.8 Å². The first-order valence-electron chi connectivity index (χ1n) is 8.81. The van der Waals surface area contributed by atoms with Gasteiger partial charge in [0.1, 0.15) is 10.8 Å². The van der Waals surface area contributed by atoms with Crippen molar-refractivity contribution in [2.75, 3.05) is 11.9 Å². The molecule has 0 unspecified atom stereocenters. The fraction of sp³-hybridized carbons (Fsp3) is 0.400. The molecule has 2 rings (SSSR count). The Labute approximate surface area is 168 Å². The third-order valence-corrected chi connectivity index (χ3v) is 5.39. The Hall–Kier alpha value is -2.05. The molecule has 0 saturated carbocycles. The molecule has 1 aromatic heterocycles. The van der Waals surface area contributed by atoms with Gasteiger partial charge in [0.2, 0.25) is 0 Å². The highest BCUT2D eigenvalue weighted by atomic mass is 35.5. The van der Waals surface area contributed by atoms with Crippen molar-refractivity contribution in [1.82, 2.24) is 0 Å². The predicted molar refractivity (Wildman–Crippen MR) is 109 cm³/mol. The highest BCUT2D eigenvalue weighted by Gasteiger charge is 2.25. The SMILES string of the molecule is CCOC(=O)c1c(NC(=O)[C@@H](C)Oc2ccc(Cl)cc2C)sc(C)c1CC. The van der Waals surface area contributed by atoms with E-state index in [1.54, 1.807) is 32.0 Å². The molecule has 0 aliphatic heterocycles. The maximum atomic E-state index is 12.6. The molecule has 27 heavy (non-hydrogen) atoms. The highest BCUT2D eigenvalue weighted by molar-refractivity contribution is 7.16. The lowest BCUT2D eigenvalue weighted by atomic mass is 10.1. The third kappa shape index (κ3) is 5.02. The van der Waals surface area contributed by atoms with Crippen molar-refractivity contribution in [2.45, 2.75) is 47.1 Å². The number of aryl methyl sites for hydroxylation is 2. The summed E-state index contributed by atoms with van der Waals surface area (Å²) in [5.74, 6) is -0.167. The molecular formula is C20H24ClNO4S. The highest BCUT2D eigenvalue weighted by Crippen LogP contribution is 2.34. The number of amides is 1. The summed E-state index contributed by atoms with van der Waals surface area (Å²) in [7, 11) is 0. The molecule has 0 aliphatic rings. The minimum atomic E-state index is -0.743. The third-order valence-electron chi connectivity index (χ3n) is 4.09. The van der Waals surface area contributed by atoms with Crippen LogP contribution in [-0.2, 0) is 16.0 Å². The zero-order valence-corrected chi connectivity index (χ0v) is 17.7. The number of esters is 1. The van der Waals surface area contributed by atoms with E-state index in [-0.39, 0.29) is 12.5 Å². The number of carbonyl (C=O) groups excluding carboxylic acids is 2. The van der Waals surface area contributed by atoms with Gasteiger partial charge in [0.15, 0.2) is 6.10 Å².